The van der Waals surface area contributed by atoms with Crippen molar-refractivity contribution in [1.82, 2.24) is 10.1 Å². The van der Waals surface area contributed by atoms with E-state index in [1.165, 1.54) is 0 Å². The maximum atomic E-state index is 8.36. The maximum absolute atomic E-state index is 8.36. The molecule has 6 N–H and O–H groups in total. The predicted octanol–water partition coefficient (Wildman–Crippen LogP) is 1.77. The first kappa shape index (κ1) is 21.3. The third-order valence-corrected chi connectivity index (χ3v) is 3.31. The Morgan fingerprint density at radius 3 is 2.19 bits per heavy atom. The van der Waals surface area contributed by atoms with Gasteiger partial charge in [0, 0.05) is 25.2 Å². The Morgan fingerprint density at radius 1 is 1.04 bits per heavy atom. The van der Waals surface area contributed by atoms with Gasteiger partial charge in [0.25, 0.3) is 12.9 Å². The fourth-order valence-corrected chi connectivity index (χ4v) is 2.15. The minimum absolute atomic E-state index is 0.250. The van der Waals surface area contributed by atoms with E-state index in [0.29, 0.717) is 24.5 Å². The van der Waals surface area contributed by atoms with E-state index >= 15 is 0 Å². The largest absolute Gasteiger partial charge is 0.483 e. The molecule has 3 aromatic rings. The van der Waals surface area contributed by atoms with E-state index in [4.69, 9.17) is 35.8 Å². The van der Waals surface area contributed by atoms with Crippen LogP contribution in [0.25, 0.3) is 11.3 Å². The van der Waals surface area contributed by atoms with E-state index in [9.17, 15) is 0 Å². The second-order valence-corrected chi connectivity index (χ2v) is 5.03. The first-order valence-corrected chi connectivity index (χ1v) is 7.69. The van der Waals surface area contributed by atoms with E-state index in [0.717, 1.165) is 22.4 Å². The van der Waals surface area contributed by atoms with Crippen LogP contribution in [0.15, 0.2) is 53.2 Å². The van der Waals surface area contributed by atoms with Crippen molar-refractivity contribution in [2.45, 2.75) is 13.0 Å². The molecular weight excluding hydrogens is 352 g/mol. The average Bonchev–Trinajstić information content (AvgIpc) is 3.12. The Hall–Kier alpha value is -3.72. The molecule has 0 fully saturated rings. The van der Waals surface area contributed by atoms with Crippen molar-refractivity contribution >= 4 is 18.8 Å². The molecule has 0 aliphatic heterocycles. The first-order valence-electron chi connectivity index (χ1n) is 7.69. The van der Waals surface area contributed by atoms with E-state index < -0.39 is 0 Å². The Bertz CT molecular complexity index is 828. The Kier molecular flexibility index (Phi) is 9.29. The molecule has 0 unspecified atom stereocenters. The van der Waals surface area contributed by atoms with Crippen molar-refractivity contribution in [3.63, 3.8) is 0 Å². The highest BCUT2D eigenvalue weighted by atomic mass is 16.5. The maximum Gasteiger partial charge on any atom is 0.290 e. The Labute approximate surface area is 155 Å². The summed E-state index contributed by atoms with van der Waals surface area (Å²) in [6.45, 7) is 0.0503. The lowest BCUT2D eigenvalue weighted by Crippen LogP contribution is -1.96. The van der Waals surface area contributed by atoms with Gasteiger partial charge in [-0.2, -0.15) is 0 Å². The number of hydrogen-bond acceptors (Lipinski definition) is 7. The number of anilines is 1. The molecule has 9 heteroatoms. The zero-order chi connectivity index (χ0) is 20.1. The van der Waals surface area contributed by atoms with Crippen LogP contribution in [0.4, 0.5) is 5.82 Å². The highest BCUT2D eigenvalue weighted by Crippen LogP contribution is 2.25. The number of nitrogens with zero attached hydrogens (tertiary/aromatic N) is 2. The normalized spacial score (nSPS) is 9.22. The van der Waals surface area contributed by atoms with Gasteiger partial charge in [0.05, 0.1) is 11.3 Å². The standard InChI is InChI=1S/C16H16N4O.2CH2O2/c17-10-12-5-3-11(4-6-12)8-13-9-15(21-20-13)14-2-1-7-19-16(14)18;2*2-1-3/h1-7,9H,8,10,17H2,(H2,18,19);2*1H,(H,2,3). The fourth-order valence-electron chi connectivity index (χ4n) is 2.15. The van der Waals surface area contributed by atoms with Crippen molar-refractivity contribution in [1.29, 1.82) is 0 Å². The summed E-state index contributed by atoms with van der Waals surface area (Å²) in [6, 6.07) is 13.7. The quantitative estimate of drug-likeness (QED) is 0.499. The lowest BCUT2D eigenvalue weighted by atomic mass is 10.1. The molecule has 0 bridgehead atoms. The molecule has 142 valence electrons. The molecule has 2 heterocycles. The second kappa shape index (κ2) is 11.8. The average molecular weight is 372 g/mol. The number of carbonyl (C=O) groups is 2. The highest BCUT2D eigenvalue weighted by molar-refractivity contribution is 5.69. The molecule has 2 aromatic heterocycles. The second-order valence-electron chi connectivity index (χ2n) is 5.03. The summed E-state index contributed by atoms with van der Waals surface area (Å²) in [5.74, 6) is 1.07. The number of pyridine rings is 1. The van der Waals surface area contributed by atoms with Crippen molar-refractivity contribution in [3.05, 3.63) is 65.5 Å². The van der Waals surface area contributed by atoms with Gasteiger partial charge in [-0.25, -0.2) is 4.98 Å². The summed E-state index contributed by atoms with van der Waals surface area (Å²) in [6.07, 6.45) is 2.35. The molecule has 0 radical (unpaired) electrons. The third kappa shape index (κ3) is 6.96. The first-order chi connectivity index (χ1) is 13.1. The Balaban J connectivity index is 0.000000540. The number of hydrogen-bond donors (Lipinski definition) is 4. The summed E-state index contributed by atoms with van der Waals surface area (Å²) < 4.78 is 5.36. The van der Waals surface area contributed by atoms with E-state index in [1.807, 2.05) is 30.3 Å². The molecule has 0 aliphatic carbocycles. The van der Waals surface area contributed by atoms with E-state index in [2.05, 4.69) is 22.3 Å². The summed E-state index contributed by atoms with van der Waals surface area (Å²) >= 11 is 0. The molecule has 3 rings (SSSR count). The zero-order valence-electron chi connectivity index (χ0n) is 14.4. The Morgan fingerprint density at radius 2 is 1.63 bits per heavy atom. The van der Waals surface area contributed by atoms with Crippen LogP contribution in [0.3, 0.4) is 0 Å². The van der Waals surface area contributed by atoms with Crippen molar-refractivity contribution in [3.8, 4) is 11.3 Å². The van der Waals surface area contributed by atoms with Crippen molar-refractivity contribution in [2.24, 2.45) is 5.73 Å². The number of carboxylic acid groups (broad SMARTS) is 2. The summed E-state index contributed by atoms with van der Waals surface area (Å²) in [4.78, 5) is 20.8. The van der Waals surface area contributed by atoms with Gasteiger partial charge in [-0.3, -0.25) is 9.59 Å². The third-order valence-electron chi connectivity index (χ3n) is 3.31. The van der Waals surface area contributed by atoms with Gasteiger partial charge in [0.1, 0.15) is 5.82 Å². The molecule has 1 aromatic carbocycles. The smallest absolute Gasteiger partial charge is 0.290 e. The SMILES string of the molecule is NCc1ccc(Cc2cc(-c3cccnc3N)on2)cc1.O=CO.O=CO. The number of aromatic nitrogens is 2. The zero-order valence-corrected chi connectivity index (χ0v) is 14.4. The van der Waals surface area contributed by atoms with Crippen LogP contribution in [0.1, 0.15) is 16.8 Å². The van der Waals surface area contributed by atoms with Gasteiger partial charge in [0.15, 0.2) is 5.76 Å². The molecule has 0 aliphatic rings. The minimum Gasteiger partial charge on any atom is -0.483 e. The van der Waals surface area contributed by atoms with Gasteiger partial charge in [-0.1, -0.05) is 29.4 Å². The number of nitrogens with two attached hydrogens (primary N) is 2. The van der Waals surface area contributed by atoms with Crippen molar-refractivity contribution < 1.29 is 24.3 Å². The topological polar surface area (TPSA) is 166 Å². The van der Waals surface area contributed by atoms with Gasteiger partial charge >= 0.3 is 0 Å². The molecule has 0 amide bonds. The molecule has 0 saturated carbocycles. The summed E-state index contributed by atoms with van der Waals surface area (Å²) in [5, 5.41) is 17.9. The van der Waals surface area contributed by atoms with Crippen LogP contribution in [0.5, 0.6) is 0 Å². The molecule has 0 spiro atoms. The van der Waals surface area contributed by atoms with E-state index in [-0.39, 0.29) is 12.9 Å². The van der Waals surface area contributed by atoms with Crippen LogP contribution >= 0.6 is 0 Å². The van der Waals surface area contributed by atoms with Crippen LogP contribution in [-0.4, -0.2) is 33.3 Å². The number of rotatable bonds is 4. The van der Waals surface area contributed by atoms with Crippen LogP contribution in [-0.2, 0) is 22.6 Å². The van der Waals surface area contributed by atoms with Crippen molar-refractivity contribution in [2.75, 3.05) is 5.73 Å². The predicted molar refractivity (Wildman–Crippen MR) is 98.7 cm³/mol. The monoisotopic (exact) mass is 372 g/mol. The minimum atomic E-state index is -0.250. The number of benzene rings is 1. The molecular formula is C18H20N4O5. The van der Waals surface area contributed by atoms with E-state index in [1.54, 1.807) is 6.20 Å². The highest BCUT2D eigenvalue weighted by Gasteiger charge is 2.10. The summed E-state index contributed by atoms with van der Waals surface area (Å²) in [7, 11) is 0. The van der Waals surface area contributed by atoms with Gasteiger partial charge in [-0.05, 0) is 23.3 Å². The lowest BCUT2D eigenvalue weighted by Gasteiger charge is -2.00. The van der Waals surface area contributed by atoms with Crippen LogP contribution in [0, 0.1) is 0 Å². The van der Waals surface area contributed by atoms with Gasteiger partial charge < -0.3 is 26.2 Å². The van der Waals surface area contributed by atoms with Gasteiger partial charge in [-0.15, -0.1) is 0 Å². The molecule has 0 atom stereocenters. The fraction of sp³-hybridized carbons (Fsp3) is 0.111. The number of nitrogen functional groups attached to an aromatic ring is 1. The molecule has 0 saturated heterocycles. The molecule has 9 nitrogen and oxygen atoms in total. The lowest BCUT2D eigenvalue weighted by molar-refractivity contribution is -0.123. The molecule has 27 heavy (non-hydrogen) atoms. The van der Waals surface area contributed by atoms with Crippen LogP contribution in [0.2, 0.25) is 0 Å². The summed E-state index contributed by atoms with van der Waals surface area (Å²) in [5.41, 5.74) is 15.3. The van der Waals surface area contributed by atoms with Gasteiger partial charge in [0.2, 0.25) is 0 Å². The van der Waals surface area contributed by atoms with Crippen LogP contribution < -0.4 is 11.5 Å².